The Balaban J connectivity index is 1.78. The number of fused-ring (bicyclic) bond motifs is 1. The third-order valence-corrected chi connectivity index (χ3v) is 3.76. The molecule has 1 atom stereocenters. The molecule has 2 N–H and O–H groups in total. The average molecular weight is 347 g/mol. The van der Waals surface area contributed by atoms with Gasteiger partial charge < -0.3 is 10.4 Å². The van der Waals surface area contributed by atoms with Crippen molar-refractivity contribution in [3.63, 3.8) is 0 Å². The highest BCUT2D eigenvalue weighted by Crippen LogP contribution is 2.14. The summed E-state index contributed by atoms with van der Waals surface area (Å²) in [6, 6.07) is 9.81. The molecule has 0 bridgehead atoms. The molecule has 5 nitrogen and oxygen atoms in total. The first-order valence-corrected chi connectivity index (χ1v) is 7.44. The van der Waals surface area contributed by atoms with E-state index in [1.165, 1.54) is 0 Å². The SMILES string of the molecule is OC[C@H](NCc1cnc2cnc(Br)cn12)c1ccccc1. The van der Waals surface area contributed by atoms with Gasteiger partial charge in [-0.3, -0.25) is 4.40 Å². The van der Waals surface area contributed by atoms with Crippen LogP contribution in [0.2, 0.25) is 0 Å². The summed E-state index contributed by atoms with van der Waals surface area (Å²) in [7, 11) is 0. The molecule has 6 heteroatoms. The summed E-state index contributed by atoms with van der Waals surface area (Å²) in [5.41, 5.74) is 2.88. The highest BCUT2D eigenvalue weighted by atomic mass is 79.9. The van der Waals surface area contributed by atoms with E-state index in [0.717, 1.165) is 21.5 Å². The largest absolute Gasteiger partial charge is 0.394 e. The number of nitrogens with one attached hydrogen (secondary N) is 1. The van der Waals surface area contributed by atoms with Crippen molar-refractivity contribution in [2.24, 2.45) is 0 Å². The molecule has 0 spiro atoms. The van der Waals surface area contributed by atoms with Gasteiger partial charge in [-0.25, -0.2) is 9.97 Å². The van der Waals surface area contributed by atoms with Crippen LogP contribution in [0.15, 0.2) is 53.5 Å². The lowest BCUT2D eigenvalue weighted by atomic mass is 10.1. The summed E-state index contributed by atoms with van der Waals surface area (Å²) in [6.07, 6.45) is 5.42. The van der Waals surface area contributed by atoms with Crippen LogP contribution in [0.4, 0.5) is 0 Å². The lowest BCUT2D eigenvalue weighted by molar-refractivity contribution is 0.243. The first kappa shape index (κ1) is 14.2. The molecule has 0 saturated heterocycles. The van der Waals surface area contributed by atoms with Gasteiger partial charge >= 0.3 is 0 Å². The summed E-state index contributed by atoms with van der Waals surface area (Å²) in [5.74, 6) is 0. The number of halogens is 1. The Labute approximate surface area is 130 Å². The molecule has 0 radical (unpaired) electrons. The molecule has 2 aromatic heterocycles. The number of aliphatic hydroxyl groups is 1. The molecule has 1 aromatic carbocycles. The van der Waals surface area contributed by atoms with E-state index < -0.39 is 0 Å². The molecule has 108 valence electrons. The van der Waals surface area contributed by atoms with E-state index in [0.29, 0.717) is 6.54 Å². The number of benzene rings is 1. The second-order valence-corrected chi connectivity index (χ2v) is 5.53. The zero-order chi connectivity index (χ0) is 14.7. The van der Waals surface area contributed by atoms with Gasteiger partial charge in [0.25, 0.3) is 0 Å². The smallest absolute Gasteiger partial charge is 0.155 e. The van der Waals surface area contributed by atoms with E-state index in [1.54, 1.807) is 6.20 Å². The highest BCUT2D eigenvalue weighted by Gasteiger charge is 2.11. The van der Waals surface area contributed by atoms with E-state index in [2.05, 4.69) is 31.2 Å². The van der Waals surface area contributed by atoms with Crippen LogP contribution in [-0.2, 0) is 6.54 Å². The van der Waals surface area contributed by atoms with Gasteiger partial charge in [0.05, 0.1) is 30.7 Å². The molecular weight excluding hydrogens is 332 g/mol. The van der Waals surface area contributed by atoms with Gasteiger partial charge in [-0.2, -0.15) is 0 Å². The molecule has 0 aliphatic heterocycles. The van der Waals surface area contributed by atoms with Gasteiger partial charge in [-0.05, 0) is 21.5 Å². The maximum Gasteiger partial charge on any atom is 0.155 e. The summed E-state index contributed by atoms with van der Waals surface area (Å²) < 4.78 is 2.74. The van der Waals surface area contributed by atoms with Crippen molar-refractivity contribution in [2.45, 2.75) is 12.6 Å². The van der Waals surface area contributed by atoms with E-state index in [1.807, 2.05) is 47.1 Å². The predicted molar refractivity (Wildman–Crippen MR) is 83.8 cm³/mol. The van der Waals surface area contributed by atoms with Crippen LogP contribution in [0.1, 0.15) is 17.3 Å². The Morgan fingerprint density at radius 2 is 2.00 bits per heavy atom. The Morgan fingerprint density at radius 1 is 1.19 bits per heavy atom. The molecule has 3 rings (SSSR count). The minimum Gasteiger partial charge on any atom is -0.394 e. The van der Waals surface area contributed by atoms with Crippen LogP contribution >= 0.6 is 15.9 Å². The molecular formula is C15H15BrN4O. The van der Waals surface area contributed by atoms with Crippen molar-refractivity contribution in [3.05, 3.63) is 64.8 Å². The zero-order valence-corrected chi connectivity index (χ0v) is 12.9. The number of hydrogen-bond acceptors (Lipinski definition) is 4. The first-order valence-electron chi connectivity index (χ1n) is 6.64. The summed E-state index contributed by atoms with van der Waals surface area (Å²) in [5, 5.41) is 12.9. The Kier molecular flexibility index (Phi) is 4.28. The first-order chi connectivity index (χ1) is 10.3. The van der Waals surface area contributed by atoms with Gasteiger partial charge in [-0.15, -0.1) is 0 Å². The van der Waals surface area contributed by atoms with E-state index >= 15 is 0 Å². The van der Waals surface area contributed by atoms with Gasteiger partial charge in [0.2, 0.25) is 0 Å². The second-order valence-electron chi connectivity index (χ2n) is 4.71. The van der Waals surface area contributed by atoms with Gasteiger partial charge in [0.15, 0.2) is 5.65 Å². The lowest BCUT2D eigenvalue weighted by Crippen LogP contribution is -2.24. The van der Waals surface area contributed by atoms with Crippen LogP contribution in [0, 0.1) is 0 Å². The van der Waals surface area contributed by atoms with Crippen LogP contribution in [0.25, 0.3) is 5.65 Å². The van der Waals surface area contributed by atoms with Gasteiger partial charge in [0, 0.05) is 12.7 Å². The molecule has 0 aliphatic rings. The minimum atomic E-state index is -0.0953. The molecule has 3 aromatic rings. The number of aromatic nitrogens is 3. The number of imidazole rings is 1. The highest BCUT2D eigenvalue weighted by molar-refractivity contribution is 9.10. The van der Waals surface area contributed by atoms with Gasteiger partial charge in [-0.1, -0.05) is 30.3 Å². The molecule has 21 heavy (non-hydrogen) atoms. The summed E-state index contributed by atoms with van der Waals surface area (Å²) >= 11 is 3.36. The van der Waals surface area contributed by atoms with Crippen LogP contribution in [0.3, 0.4) is 0 Å². The summed E-state index contributed by atoms with van der Waals surface area (Å²) in [6.45, 7) is 0.656. The number of hydrogen-bond donors (Lipinski definition) is 2. The molecule has 0 fully saturated rings. The van der Waals surface area contributed by atoms with E-state index in [-0.39, 0.29) is 12.6 Å². The molecule has 0 amide bonds. The van der Waals surface area contributed by atoms with Crippen molar-refractivity contribution < 1.29 is 5.11 Å². The van der Waals surface area contributed by atoms with Crippen molar-refractivity contribution in [3.8, 4) is 0 Å². The van der Waals surface area contributed by atoms with Crippen LogP contribution in [-0.4, -0.2) is 26.1 Å². The fourth-order valence-electron chi connectivity index (χ4n) is 2.25. The topological polar surface area (TPSA) is 62.5 Å². The molecule has 0 saturated carbocycles. The monoisotopic (exact) mass is 346 g/mol. The third kappa shape index (κ3) is 3.12. The lowest BCUT2D eigenvalue weighted by Gasteiger charge is -2.16. The number of rotatable bonds is 5. The molecule has 2 heterocycles. The summed E-state index contributed by atoms with van der Waals surface area (Å²) in [4.78, 5) is 8.47. The molecule has 0 unspecified atom stereocenters. The fraction of sp³-hybridized carbons (Fsp3) is 0.200. The van der Waals surface area contributed by atoms with Crippen molar-refractivity contribution >= 4 is 21.6 Å². The maximum absolute atomic E-state index is 9.56. The number of nitrogens with zero attached hydrogens (tertiary/aromatic N) is 3. The third-order valence-electron chi connectivity index (χ3n) is 3.36. The average Bonchev–Trinajstić information content (AvgIpc) is 2.91. The van der Waals surface area contributed by atoms with Crippen LogP contribution < -0.4 is 5.32 Å². The Bertz CT molecular complexity index is 729. The minimum absolute atomic E-state index is 0.0476. The standard InChI is InChI=1S/C15H15BrN4O/c16-14-9-20-12(7-19-15(20)8-18-14)6-17-13(10-21)11-4-2-1-3-5-11/h1-5,7-9,13,17,21H,6,10H2/t13-/m0/s1. The second kappa shape index (κ2) is 6.34. The van der Waals surface area contributed by atoms with Gasteiger partial charge in [0.1, 0.15) is 4.60 Å². The zero-order valence-electron chi connectivity index (χ0n) is 11.3. The van der Waals surface area contributed by atoms with Crippen molar-refractivity contribution in [1.29, 1.82) is 0 Å². The predicted octanol–water partition coefficient (Wildman–Crippen LogP) is 2.32. The fourth-order valence-corrected chi connectivity index (χ4v) is 2.55. The van der Waals surface area contributed by atoms with E-state index in [9.17, 15) is 5.11 Å². The Hall–Kier alpha value is -1.76. The molecule has 0 aliphatic carbocycles. The van der Waals surface area contributed by atoms with Crippen molar-refractivity contribution in [1.82, 2.24) is 19.7 Å². The quantitative estimate of drug-likeness (QED) is 0.744. The van der Waals surface area contributed by atoms with Crippen molar-refractivity contribution in [2.75, 3.05) is 6.61 Å². The normalized spacial score (nSPS) is 12.7. The van der Waals surface area contributed by atoms with Crippen LogP contribution in [0.5, 0.6) is 0 Å². The Morgan fingerprint density at radius 3 is 2.76 bits per heavy atom. The maximum atomic E-state index is 9.56. The van der Waals surface area contributed by atoms with E-state index in [4.69, 9.17) is 0 Å². The number of aliphatic hydroxyl groups excluding tert-OH is 1.